The summed E-state index contributed by atoms with van der Waals surface area (Å²) in [6.45, 7) is 3.86. The number of hydrogen-bond acceptors (Lipinski definition) is 4. The molecule has 0 radical (unpaired) electrons. The summed E-state index contributed by atoms with van der Waals surface area (Å²) in [6, 6.07) is 14.5. The van der Waals surface area contributed by atoms with Crippen LogP contribution in [0.25, 0.3) is 0 Å². The van der Waals surface area contributed by atoms with E-state index in [9.17, 15) is 9.59 Å². The highest BCUT2D eigenvalue weighted by Crippen LogP contribution is 2.28. The van der Waals surface area contributed by atoms with Crippen LogP contribution in [-0.2, 0) is 21.5 Å². The third kappa shape index (κ3) is 5.23. The van der Waals surface area contributed by atoms with Crippen molar-refractivity contribution in [3.63, 3.8) is 0 Å². The van der Waals surface area contributed by atoms with E-state index >= 15 is 0 Å². The van der Waals surface area contributed by atoms with Gasteiger partial charge in [-0.3, -0.25) is 4.79 Å². The molecule has 6 heteroatoms. The second kappa shape index (κ2) is 8.58. The monoisotopic (exact) mass is 371 g/mol. The first-order valence-corrected chi connectivity index (χ1v) is 8.57. The molecule has 6 nitrogen and oxygen atoms in total. The number of likely N-dealkylation sites (N-methyl/N-ethyl adjacent to an activating group) is 1. The zero-order chi connectivity index (χ0) is 20.0. The first-order valence-electron chi connectivity index (χ1n) is 8.57. The number of carbonyl (C=O) groups excluding carboxylic acids is 1. The molecule has 27 heavy (non-hydrogen) atoms. The minimum absolute atomic E-state index is 0.00105. The van der Waals surface area contributed by atoms with Crippen LogP contribution in [0.3, 0.4) is 0 Å². The van der Waals surface area contributed by atoms with Crippen LogP contribution in [0.15, 0.2) is 48.5 Å². The van der Waals surface area contributed by atoms with Gasteiger partial charge in [0.1, 0.15) is 11.5 Å². The molecule has 0 atom stereocenters. The first kappa shape index (κ1) is 20.3. The molecule has 0 aliphatic carbocycles. The highest BCUT2D eigenvalue weighted by molar-refractivity contribution is 5.87. The third-order valence-electron chi connectivity index (χ3n) is 4.40. The van der Waals surface area contributed by atoms with Gasteiger partial charge in [0, 0.05) is 13.6 Å². The van der Waals surface area contributed by atoms with Crippen LogP contribution in [0.2, 0.25) is 0 Å². The van der Waals surface area contributed by atoms with E-state index in [-0.39, 0.29) is 12.5 Å². The number of carboxylic acids is 1. The Labute approximate surface area is 159 Å². The predicted molar refractivity (Wildman–Crippen MR) is 102 cm³/mol. The van der Waals surface area contributed by atoms with Crippen LogP contribution in [0.1, 0.15) is 25.0 Å². The van der Waals surface area contributed by atoms with E-state index in [1.807, 2.05) is 50.2 Å². The van der Waals surface area contributed by atoms with Gasteiger partial charge in [0.05, 0.1) is 12.5 Å². The molecule has 0 aliphatic heterocycles. The Morgan fingerprint density at radius 3 is 2.07 bits per heavy atom. The maximum Gasteiger partial charge on any atom is 0.341 e. The average Bonchev–Trinajstić information content (AvgIpc) is 2.66. The molecule has 0 spiro atoms. The summed E-state index contributed by atoms with van der Waals surface area (Å²) >= 11 is 0. The minimum Gasteiger partial charge on any atom is -0.497 e. The van der Waals surface area contributed by atoms with Gasteiger partial charge in [0.2, 0.25) is 5.91 Å². The molecule has 2 rings (SSSR count). The lowest BCUT2D eigenvalue weighted by Crippen LogP contribution is -2.40. The van der Waals surface area contributed by atoms with Crippen LogP contribution in [0.5, 0.6) is 11.5 Å². The Morgan fingerprint density at radius 1 is 1.00 bits per heavy atom. The fraction of sp³-hybridized carbons (Fsp3) is 0.333. The highest BCUT2D eigenvalue weighted by Gasteiger charge is 2.32. The number of benzene rings is 2. The highest BCUT2D eigenvalue weighted by atomic mass is 16.5. The Kier molecular flexibility index (Phi) is 6.45. The lowest BCUT2D eigenvalue weighted by molar-refractivity contribution is -0.139. The maximum absolute atomic E-state index is 13.0. The zero-order valence-corrected chi connectivity index (χ0v) is 16.1. The van der Waals surface area contributed by atoms with E-state index in [0.29, 0.717) is 12.3 Å². The van der Waals surface area contributed by atoms with Gasteiger partial charge in [-0.15, -0.1) is 0 Å². The number of carbonyl (C=O) groups is 2. The lowest BCUT2D eigenvalue weighted by Gasteiger charge is -2.30. The van der Waals surface area contributed by atoms with Crippen molar-refractivity contribution in [2.45, 2.75) is 25.8 Å². The van der Waals surface area contributed by atoms with Crippen LogP contribution in [-0.4, -0.2) is 42.6 Å². The number of aliphatic carboxylic acids is 1. The van der Waals surface area contributed by atoms with Gasteiger partial charge in [-0.2, -0.15) is 0 Å². The Balaban J connectivity index is 2.04. The molecule has 0 saturated carbocycles. The number of nitrogens with zero attached hydrogens (tertiary/aromatic N) is 1. The number of carboxylic acid groups (broad SMARTS) is 1. The summed E-state index contributed by atoms with van der Waals surface area (Å²) < 4.78 is 10.3. The number of hydrogen-bond donors (Lipinski definition) is 1. The molecular formula is C21H25NO5. The second-order valence-electron chi connectivity index (χ2n) is 6.84. The fourth-order valence-electron chi connectivity index (χ4n) is 2.79. The summed E-state index contributed by atoms with van der Waals surface area (Å²) in [5, 5.41) is 8.63. The standard InChI is InChI=1S/C21H25NO5/c1-21(2,16-7-11-17(26-4)12-8-16)20(25)22(3)13-15-5-9-18(10-6-15)27-14-19(23)24/h5-12H,13-14H2,1-4H3,(H,23,24). The quantitative estimate of drug-likeness (QED) is 0.772. The summed E-state index contributed by atoms with van der Waals surface area (Å²) in [6.07, 6.45) is 0. The molecule has 2 aromatic rings. The van der Waals surface area contributed by atoms with Gasteiger partial charge >= 0.3 is 5.97 Å². The second-order valence-corrected chi connectivity index (χ2v) is 6.84. The predicted octanol–water partition coefficient (Wildman–Crippen LogP) is 3.09. The SMILES string of the molecule is COc1ccc(C(C)(C)C(=O)N(C)Cc2ccc(OCC(=O)O)cc2)cc1. The summed E-state index contributed by atoms with van der Waals surface area (Å²) in [7, 11) is 3.37. The van der Waals surface area contributed by atoms with Crippen LogP contribution in [0, 0.1) is 0 Å². The van der Waals surface area contributed by atoms with Crippen molar-refractivity contribution >= 4 is 11.9 Å². The number of amides is 1. The lowest BCUT2D eigenvalue weighted by atomic mass is 9.83. The number of ether oxygens (including phenoxy) is 2. The van der Waals surface area contributed by atoms with Crippen LogP contribution >= 0.6 is 0 Å². The van der Waals surface area contributed by atoms with Crippen molar-refractivity contribution in [1.82, 2.24) is 4.90 Å². The van der Waals surface area contributed by atoms with Gasteiger partial charge in [-0.25, -0.2) is 4.79 Å². The van der Waals surface area contributed by atoms with Gasteiger partial charge in [0.15, 0.2) is 6.61 Å². The van der Waals surface area contributed by atoms with Crippen molar-refractivity contribution in [3.05, 3.63) is 59.7 Å². The van der Waals surface area contributed by atoms with Crippen LogP contribution < -0.4 is 9.47 Å². The Morgan fingerprint density at radius 2 is 1.56 bits per heavy atom. The third-order valence-corrected chi connectivity index (χ3v) is 4.40. The Bertz CT molecular complexity index is 781. The maximum atomic E-state index is 13.0. The zero-order valence-electron chi connectivity index (χ0n) is 16.1. The van der Waals surface area contributed by atoms with Crippen molar-refractivity contribution < 1.29 is 24.2 Å². The average molecular weight is 371 g/mol. The number of methoxy groups -OCH3 is 1. The smallest absolute Gasteiger partial charge is 0.341 e. The normalized spacial score (nSPS) is 11.0. The van der Waals surface area contributed by atoms with E-state index in [0.717, 1.165) is 16.9 Å². The molecular weight excluding hydrogens is 346 g/mol. The minimum atomic E-state index is -1.02. The largest absolute Gasteiger partial charge is 0.497 e. The van der Waals surface area contributed by atoms with E-state index < -0.39 is 11.4 Å². The van der Waals surface area contributed by atoms with Gasteiger partial charge in [-0.05, 0) is 49.2 Å². The summed E-state index contributed by atoms with van der Waals surface area (Å²) in [4.78, 5) is 25.2. The molecule has 1 N–H and O–H groups in total. The summed E-state index contributed by atoms with van der Waals surface area (Å²) in [5.41, 5.74) is 1.17. The van der Waals surface area contributed by atoms with Crippen molar-refractivity contribution in [2.75, 3.05) is 20.8 Å². The molecule has 1 amide bonds. The van der Waals surface area contributed by atoms with E-state index in [2.05, 4.69) is 0 Å². The first-order chi connectivity index (χ1) is 12.7. The molecule has 0 aromatic heterocycles. The fourth-order valence-corrected chi connectivity index (χ4v) is 2.79. The van der Waals surface area contributed by atoms with Crippen LogP contribution in [0.4, 0.5) is 0 Å². The van der Waals surface area contributed by atoms with Gasteiger partial charge < -0.3 is 19.5 Å². The molecule has 144 valence electrons. The molecule has 0 fully saturated rings. The van der Waals surface area contributed by atoms with Gasteiger partial charge in [-0.1, -0.05) is 24.3 Å². The topological polar surface area (TPSA) is 76.1 Å². The molecule has 0 saturated heterocycles. The molecule has 0 unspecified atom stereocenters. The summed E-state index contributed by atoms with van der Waals surface area (Å²) in [5.74, 6) is 0.207. The number of rotatable bonds is 8. The van der Waals surface area contributed by atoms with E-state index in [1.165, 1.54) is 0 Å². The van der Waals surface area contributed by atoms with Crippen molar-refractivity contribution in [2.24, 2.45) is 0 Å². The van der Waals surface area contributed by atoms with Crippen molar-refractivity contribution in [3.8, 4) is 11.5 Å². The van der Waals surface area contributed by atoms with E-state index in [1.54, 1.807) is 31.2 Å². The molecule has 0 aliphatic rings. The Hall–Kier alpha value is -3.02. The molecule has 0 heterocycles. The van der Waals surface area contributed by atoms with E-state index in [4.69, 9.17) is 14.6 Å². The van der Waals surface area contributed by atoms with Gasteiger partial charge in [0.25, 0.3) is 0 Å². The molecule has 0 bridgehead atoms. The van der Waals surface area contributed by atoms with Crippen molar-refractivity contribution in [1.29, 1.82) is 0 Å². The molecule has 2 aromatic carbocycles.